The summed E-state index contributed by atoms with van der Waals surface area (Å²) >= 11 is 1.74. The van der Waals surface area contributed by atoms with Crippen molar-refractivity contribution >= 4 is 23.4 Å². The molecular formula is C26H33N5O2S. The number of hydrogen-bond donors (Lipinski definition) is 1. The topological polar surface area (TPSA) is 72.3 Å². The summed E-state index contributed by atoms with van der Waals surface area (Å²) in [4.78, 5) is 13.5. The molecule has 0 aliphatic carbocycles. The Labute approximate surface area is 205 Å². The third-order valence-corrected chi connectivity index (χ3v) is 6.98. The van der Waals surface area contributed by atoms with E-state index >= 15 is 0 Å². The van der Waals surface area contributed by atoms with Gasteiger partial charge >= 0.3 is 0 Å². The molecule has 0 bridgehead atoms. The summed E-state index contributed by atoms with van der Waals surface area (Å²) in [5.41, 5.74) is 4.60. The molecule has 2 heterocycles. The highest BCUT2D eigenvalue weighted by Crippen LogP contribution is 2.26. The predicted octanol–water partition coefficient (Wildman–Crippen LogP) is 4.65. The fraction of sp³-hybridized carbons (Fsp3) is 0.423. The van der Waals surface area contributed by atoms with Crippen LogP contribution in [0.25, 0.3) is 0 Å². The number of carbonyl (C=O) groups is 1. The molecule has 1 saturated heterocycles. The van der Waals surface area contributed by atoms with Gasteiger partial charge in [0.2, 0.25) is 5.91 Å². The Kier molecular flexibility index (Phi) is 8.37. The molecule has 1 amide bonds. The maximum absolute atomic E-state index is 11.2. The Hall–Kier alpha value is -2.68. The van der Waals surface area contributed by atoms with E-state index in [1.165, 1.54) is 23.6 Å². The minimum atomic E-state index is -0.0634. The van der Waals surface area contributed by atoms with E-state index in [-0.39, 0.29) is 12.0 Å². The monoisotopic (exact) mass is 479 g/mol. The molecule has 4 rings (SSSR count). The van der Waals surface area contributed by atoms with Crippen molar-refractivity contribution in [2.24, 2.45) is 0 Å². The predicted molar refractivity (Wildman–Crippen MR) is 136 cm³/mol. The van der Waals surface area contributed by atoms with Crippen molar-refractivity contribution in [2.45, 2.75) is 63.3 Å². The Bertz CT molecular complexity index is 1090. The molecule has 8 heteroatoms. The first-order valence-corrected chi connectivity index (χ1v) is 12.7. The quantitative estimate of drug-likeness (QED) is 0.427. The van der Waals surface area contributed by atoms with Gasteiger partial charge in [0.25, 0.3) is 0 Å². The largest absolute Gasteiger partial charge is 0.376 e. The molecule has 1 N–H and O–H groups in total. The number of ether oxygens (including phenoxy) is 1. The van der Waals surface area contributed by atoms with Gasteiger partial charge in [0.1, 0.15) is 5.82 Å². The summed E-state index contributed by atoms with van der Waals surface area (Å²) in [7, 11) is 2.09. The molecule has 1 aliphatic rings. The van der Waals surface area contributed by atoms with E-state index in [9.17, 15) is 4.79 Å². The number of nitrogens with one attached hydrogen (secondary N) is 1. The molecule has 0 spiro atoms. The van der Waals surface area contributed by atoms with Gasteiger partial charge < -0.3 is 14.6 Å². The lowest BCUT2D eigenvalue weighted by molar-refractivity contribution is -0.114. The van der Waals surface area contributed by atoms with Gasteiger partial charge in [-0.1, -0.05) is 48.2 Å². The number of thioether (sulfide) groups is 1. The smallest absolute Gasteiger partial charge is 0.221 e. The first kappa shape index (κ1) is 24.4. The number of aryl methyl sites for hydroxylation is 1. The molecule has 34 heavy (non-hydrogen) atoms. The number of benzene rings is 2. The van der Waals surface area contributed by atoms with Crippen LogP contribution >= 0.6 is 11.8 Å². The van der Waals surface area contributed by atoms with Crippen LogP contribution in [0.5, 0.6) is 0 Å². The van der Waals surface area contributed by atoms with Crippen LogP contribution in [0.1, 0.15) is 42.3 Å². The summed E-state index contributed by atoms with van der Waals surface area (Å²) in [6.45, 7) is 6.76. The highest BCUT2D eigenvalue weighted by Gasteiger charge is 2.22. The Morgan fingerprint density at radius 2 is 1.97 bits per heavy atom. The zero-order valence-electron chi connectivity index (χ0n) is 20.2. The van der Waals surface area contributed by atoms with Crippen LogP contribution in [0.4, 0.5) is 5.69 Å². The van der Waals surface area contributed by atoms with Crippen LogP contribution < -0.4 is 5.32 Å². The molecule has 1 aliphatic heterocycles. The SMILES string of the molecule is CC(=O)Nc1ccc(CN(C)Cc2nnc(SCc3ccccc3C)n2C[C@H]2CCCO2)cc1. The maximum atomic E-state index is 11.2. The van der Waals surface area contributed by atoms with Crippen LogP contribution in [0, 0.1) is 6.92 Å². The summed E-state index contributed by atoms with van der Waals surface area (Å²) in [6, 6.07) is 16.4. The molecule has 0 saturated carbocycles. The van der Waals surface area contributed by atoms with Crippen molar-refractivity contribution in [3.63, 3.8) is 0 Å². The van der Waals surface area contributed by atoms with Crippen molar-refractivity contribution in [1.82, 2.24) is 19.7 Å². The number of nitrogens with zero attached hydrogens (tertiary/aromatic N) is 4. The molecule has 1 fully saturated rings. The first-order valence-electron chi connectivity index (χ1n) is 11.7. The van der Waals surface area contributed by atoms with Crippen molar-refractivity contribution < 1.29 is 9.53 Å². The fourth-order valence-electron chi connectivity index (χ4n) is 4.14. The van der Waals surface area contributed by atoms with Crippen molar-refractivity contribution in [1.29, 1.82) is 0 Å². The number of amides is 1. The van der Waals surface area contributed by atoms with Crippen LogP contribution in [0.2, 0.25) is 0 Å². The van der Waals surface area contributed by atoms with E-state index in [4.69, 9.17) is 4.74 Å². The van der Waals surface area contributed by atoms with Gasteiger partial charge in [-0.25, -0.2) is 0 Å². The van der Waals surface area contributed by atoms with Crippen LogP contribution in [-0.2, 0) is 34.9 Å². The molecule has 3 aromatic rings. The van der Waals surface area contributed by atoms with Gasteiger partial charge in [-0.15, -0.1) is 10.2 Å². The van der Waals surface area contributed by atoms with Gasteiger partial charge in [-0.05, 0) is 55.6 Å². The number of rotatable bonds is 10. The molecule has 1 atom stereocenters. The number of hydrogen-bond acceptors (Lipinski definition) is 6. The fourth-order valence-corrected chi connectivity index (χ4v) is 5.18. The summed E-state index contributed by atoms with van der Waals surface area (Å²) in [5.74, 6) is 1.76. The van der Waals surface area contributed by atoms with E-state index in [0.29, 0.717) is 6.54 Å². The number of carbonyl (C=O) groups excluding carboxylic acids is 1. The van der Waals surface area contributed by atoms with Gasteiger partial charge in [-0.3, -0.25) is 9.69 Å². The second-order valence-electron chi connectivity index (χ2n) is 8.91. The van der Waals surface area contributed by atoms with E-state index in [2.05, 4.69) is 63.2 Å². The molecule has 0 radical (unpaired) electrons. The van der Waals surface area contributed by atoms with E-state index in [0.717, 1.165) is 55.0 Å². The van der Waals surface area contributed by atoms with Gasteiger partial charge in [-0.2, -0.15) is 0 Å². The summed E-state index contributed by atoms with van der Waals surface area (Å²) < 4.78 is 8.17. The Balaban J connectivity index is 1.44. The van der Waals surface area contributed by atoms with Gasteiger partial charge in [0.15, 0.2) is 5.16 Å². The number of anilines is 1. The third-order valence-electron chi connectivity index (χ3n) is 5.96. The van der Waals surface area contributed by atoms with E-state index in [1.54, 1.807) is 11.8 Å². The Morgan fingerprint density at radius 3 is 2.68 bits per heavy atom. The molecule has 1 aromatic heterocycles. The second-order valence-corrected chi connectivity index (χ2v) is 9.85. The second kappa shape index (κ2) is 11.6. The zero-order valence-corrected chi connectivity index (χ0v) is 21.0. The zero-order chi connectivity index (χ0) is 23.9. The number of aromatic nitrogens is 3. The van der Waals surface area contributed by atoms with Crippen LogP contribution in [0.3, 0.4) is 0 Å². The third kappa shape index (κ3) is 6.68. The standard InChI is InChI=1S/C26H33N5O2S/c1-19-7-4-5-8-22(19)18-34-26-29-28-25(31(26)16-24-9-6-14-33-24)17-30(3)15-21-10-12-23(13-11-21)27-20(2)32/h4-5,7-8,10-13,24H,6,9,14-18H2,1-3H3,(H,27,32)/t24-/m1/s1. The summed E-state index contributed by atoms with van der Waals surface area (Å²) in [5, 5.41) is 12.9. The van der Waals surface area contributed by atoms with Crippen molar-refractivity contribution in [3.05, 3.63) is 71.0 Å². The van der Waals surface area contributed by atoms with Gasteiger partial charge in [0.05, 0.1) is 19.2 Å². The lowest BCUT2D eigenvalue weighted by atomic mass is 10.1. The molecule has 0 unspecified atom stereocenters. The maximum Gasteiger partial charge on any atom is 0.221 e. The van der Waals surface area contributed by atoms with Crippen molar-refractivity contribution in [2.75, 3.05) is 19.0 Å². The molecular weight excluding hydrogens is 446 g/mol. The molecule has 7 nitrogen and oxygen atoms in total. The Morgan fingerprint density at radius 1 is 1.18 bits per heavy atom. The highest BCUT2D eigenvalue weighted by atomic mass is 32.2. The van der Waals surface area contributed by atoms with Crippen molar-refractivity contribution in [3.8, 4) is 0 Å². The van der Waals surface area contributed by atoms with Crippen LogP contribution in [0.15, 0.2) is 53.7 Å². The molecule has 180 valence electrons. The first-order chi connectivity index (χ1) is 16.5. The van der Waals surface area contributed by atoms with E-state index in [1.807, 2.05) is 24.3 Å². The minimum absolute atomic E-state index is 0.0634. The van der Waals surface area contributed by atoms with Gasteiger partial charge in [0, 0.05) is 31.5 Å². The average Bonchev–Trinajstić information content (AvgIpc) is 3.45. The van der Waals surface area contributed by atoms with E-state index < -0.39 is 0 Å². The lowest BCUT2D eigenvalue weighted by Gasteiger charge is -2.19. The normalized spacial score (nSPS) is 15.7. The summed E-state index contributed by atoms with van der Waals surface area (Å²) in [6.07, 6.45) is 2.41. The minimum Gasteiger partial charge on any atom is -0.376 e. The molecule has 2 aromatic carbocycles. The lowest BCUT2D eigenvalue weighted by Crippen LogP contribution is -2.23. The highest BCUT2D eigenvalue weighted by molar-refractivity contribution is 7.98. The van der Waals surface area contributed by atoms with Crippen LogP contribution in [-0.4, -0.2) is 45.3 Å². The average molecular weight is 480 g/mol.